The predicted octanol–water partition coefficient (Wildman–Crippen LogP) is 1.20. The number of hydrogen-bond donors (Lipinski definition) is 1. The molecule has 0 saturated carbocycles. The molecule has 0 aliphatic rings. The maximum Gasteiger partial charge on any atom is 0.199 e. The van der Waals surface area contributed by atoms with Gasteiger partial charge in [0, 0.05) is 11.2 Å². The van der Waals surface area contributed by atoms with Crippen LogP contribution in [-0.2, 0) is 0 Å². The van der Waals surface area contributed by atoms with Crippen LogP contribution in [0.5, 0.6) is 0 Å². The number of pyridine rings is 1. The Morgan fingerprint density at radius 3 is 2.62 bits per heavy atom. The fraction of sp³-hybridized carbons (Fsp3) is 0. The van der Waals surface area contributed by atoms with Crippen LogP contribution in [0.2, 0.25) is 10.0 Å². The number of carboxylic acid groups (broad SMARTS) is 1. The largest absolute Gasteiger partial charge is 0.545 e. The van der Waals surface area contributed by atoms with E-state index in [0.29, 0.717) is 10.5 Å². The van der Waals surface area contributed by atoms with Gasteiger partial charge >= 0.3 is 0 Å². The summed E-state index contributed by atoms with van der Waals surface area (Å²) in [6.07, 6.45) is 1.06. The Labute approximate surface area is 99.4 Å². The van der Waals surface area contributed by atoms with Gasteiger partial charge in [-0.3, -0.25) is 4.79 Å². The van der Waals surface area contributed by atoms with Crippen molar-refractivity contribution in [2.24, 2.45) is 0 Å². The molecule has 0 atom stereocenters. The number of aromatic amines is 1. The third-order valence-corrected chi connectivity index (χ3v) is 2.63. The first kappa shape index (κ1) is 11.0. The van der Waals surface area contributed by atoms with E-state index in [-0.39, 0.29) is 10.4 Å². The highest BCUT2D eigenvalue weighted by atomic mass is 35.5. The summed E-state index contributed by atoms with van der Waals surface area (Å²) in [4.78, 5) is 25.0. The minimum Gasteiger partial charge on any atom is -0.545 e. The number of H-pyrrole nitrogens is 1. The summed E-state index contributed by atoms with van der Waals surface area (Å²) >= 11 is 11.6. The number of nitrogens with one attached hydrogen (secondary N) is 1. The first-order chi connectivity index (χ1) is 7.50. The molecule has 2 rings (SSSR count). The molecule has 0 bridgehead atoms. The molecule has 16 heavy (non-hydrogen) atoms. The molecule has 0 radical (unpaired) electrons. The Morgan fingerprint density at radius 1 is 1.31 bits per heavy atom. The molecule has 1 N–H and O–H groups in total. The van der Waals surface area contributed by atoms with E-state index in [9.17, 15) is 14.7 Å². The number of carboxylic acids is 1. The van der Waals surface area contributed by atoms with E-state index in [2.05, 4.69) is 4.98 Å². The van der Waals surface area contributed by atoms with Gasteiger partial charge in [-0.15, -0.1) is 0 Å². The number of halogens is 2. The van der Waals surface area contributed by atoms with Gasteiger partial charge in [0.1, 0.15) is 0 Å². The van der Waals surface area contributed by atoms with Crippen LogP contribution in [0, 0.1) is 0 Å². The van der Waals surface area contributed by atoms with Gasteiger partial charge < -0.3 is 14.9 Å². The third-order valence-electron chi connectivity index (χ3n) is 2.12. The van der Waals surface area contributed by atoms with E-state index in [0.717, 1.165) is 6.20 Å². The van der Waals surface area contributed by atoms with Gasteiger partial charge in [-0.05, 0) is 12.1 Å². The number of aromatic carboxylic acids is 1. The number of carbonyl (C=O) groups excluding carboxylic acids is 1. The number of carbonyl (C=O) groups is 1. The van der Waals surface area contributed by atoms with Crippen LogP contribution in [0.25, 0.3) is 10.9 Å². The molecule has 6 heteroatoms. The van der Waals surface area contributed by atoms with E-state index in [1.54, 1.807) is 0 Å². The molecule has 0 saturated heterocycles. The fourth-order valence-corrected chi connectivity index (χ4v) is 2.00. The highest BCUT2D eigenvalue weighted by Gasteiger charge is 2.10. The van der Waals surface area contributed by atoms with Crippen molar-refractivity contribution in [2.75, 3.05) is 0 Å². The average molecular weight is 257 g/mol. The molecule has 0 aliphatic carbocycles. The van der Waals surface area contributed by atoms with Crippen molar-refractivity contribution in [1.82, 2.24) is 4.98 Å². The van der Waals surface area contributed by atoms with Gasteiger partial charge in [0.25, 0.3) is 0 Å². The van der Waals surface area contributed by atoms with E-state index >= 15 is 0 Å². The van der Waals surface area contributed by atoms with Crippen molar-refractivity contribution in [3.05, 3.63) is 44.2 Å². The lowest BCUT2D eigenvalue weighted by atomic mass is 10.1. The van der Waals surface area contributed by atoms with Gasteiger partial charge in [-0.25, -0.2) is 0 Å². The van der Waals surface area contributed by atoms with Crippen LogP contribution in [0.3, 0.4) is 0 Å². The standard InChI is InChI=1S/C10H5Cl2NO3/c11-4-1-6(12)8-7(2-4)13-3-5(9(8)14)10(15)16/h1-3H,(H,13,14)(H,15,16)/p-1. The summed E-state index contributed by atoms with van der Waals surface area (Å²) < 4.78 is 0. The summed E-state index contributed by atoms with van der Waals surface area (Å²) in [6, 6.07) is 2.86. The number of fused-ring (bicyclic) bond motifs is 1. The normalized spacial score (nSPS) is 10.6. The molecule has 0 fully saturated rings. The second kappa shape index (κ2) is 3.81. The minimum atomic E-state index is -1.55. The zero-order valence-corrected chi connectivity index (χ0v) is 9.22. The van der Waals surface area contributed by atoms with Gasteiger partial charge in [-0.1, -0.05) is 23.2 Å². The van der Waals surface area contributed by atoms with E-state index in [1.807, 2.05) is 0 Å². The molecular formula is C10H4Cl2NO3-. The number of hydrogen-bond acceptors (Lipinski definition) is 3. The second-order valence-corrected chi connectivity index (χ2v) is 3.97. The zero-order chi connectivity index (χ0) is 11.9. The Morgan fingerprint density at radius 2 is 2.00 bits per heavy atom. The Bertz CT molecular complexity index is 648. The third kappa shape index (κ3) is 1.66. The number of rotatable bonds is 1. The average Bonchev–Trinajstić information content (AvgIpc) is 2.15. The second-order valence-electron chi connectivity index (χ2n) is 3.13. The molecule has 4 nitrogen and oxygen atoms in total. The first-order valence-corrected chi connectivity index (χ1v) is 4.98. The van der Waals surface area contributed by atoms with Crippen LogP contribution in [0.15, 0.2) is 23.1 Å². The summed E-state index contributed by atoms with van der Waals surface area (Å²) in [6.45, 7) is 0. The van der Waals surface area contributed by atoms with Crippen molar-refractivity contribution >= 4 is 40.1 Å². The van der Waals surface area contributed by atoms with Crippen LogP contribution in [0.4, 0.5) is 0 Å². The summed E-state index contributed by atoms with van der Waals surface area (Å²) in [5.74, 6) is -1.55. The van der Waals surface area contributed by atoms with Gasteiger partial charge in [0.2, 0.25) is 0 Å². The van der Waals surface area contributed by atoms with Crippen LogP contribution < -0.4 is 10.5 Å². The Kier molecular flexibility index (Phi) is 2.61. The molecule has 82 valence electrons. The molecule has 2 aromatic rings. The summed E-state index contributed by atoms with van der Waals surface area (Å²) in [5, 5.41) is 11.2. The van der Waals surface area contributed by atoms with Crippen LogP contribution in [0.1, 0.15) is 10.4 Å². The highest BCUT2D eigenvalue weighted by molar-refractivity contribution is 6.38. The maximum atomic E-state index is 11.7. The van der Waals surface area contributed by atoms with Crippen LogP contribution >= 0.6 is 23.2 Å². The SMILES string of the molecule is O=C([O-])c1c[nH]c2cc(Cl)cc(Cl)c2c1=O. The molecule has 0 unspecified atom stereocenters. The molecule has 0 aliphatic heterocycles. The molecule has 1 heterocycles. The molecule has 0 spiro atoms. The van der Waals surface area contributed by atoms with E-state index < -0.39 is 17.0 Å². The van der Waals surface area contributed by atoms with Crippen molar-refractivity contribution in [3.8, 4) is 0 Å². The van der Waals surface area contributed by atoms with E-state index in [4.69, 9.17) is 23.2 Å². The zero-order valence-electron chi connectivity index (χ0n) is 7.71. The van der Waals surface area contributed by atoms with Crippen molar-refractivity contribution in [1.29, 1.82) is 0 Å². The highest BCUT2D eigenvalue weighted by Crippen LogP contribution is 2.24. The Hall–Kier alpha value is -1.52. The summed E-state index contributed by atoms with van der Waals surface area (Å²) in [7, 11) is 0. The van der Waals surface area contributed by atoms with Crippen molar-refractivity contribution < 1.29 is 9.90 Å². The van der Waals surface area contributed by atoms with Crippen molar-refractivity contribution in [2.45, 2.75) is 0 Å². The quantitative estimate of drug-likeness (QED) is 0.834. The maximum absolute atomic E-state index is 11.7. The monoisotopic (exact) mass is 256 g/mol. The van der Waals surface area contributed by atoms with Gasteiger partial charge in [0.15, 0.2) is 5.43 Å². The Balaban J connectivity index is 2.95. The lowest BCUT2D eigenvalue weighted by molar-refractivity contribution is -0.255. The van der Waals surface area contributed by atoms with Crippen LogP contribution in [-0.4, -0.2) is 11.0 Å². The van der Waals surface area contributed by atoms with Gasteiger partial charge in [-0.2, -0.15) is 0 Å². The number of benzene rings is 1. The molecule has 1 aromatic carbocycles. The fourth-order valence-electron chi connectivity index (χ4n) is 1.42. The lowest BCUT2D eigenvalue weighted by Gasteiger charge is -2.05. The predicted molar refractivity (Wildman–Crippen MR) is 58.9 cm³/mol. The molecule has 1 aromatic heterocycles. The minimum absolute atomic E-state index is 0.0905. The summed E-state index contributed by atoms with van der Waals surface area (Å²) in [5.41, 5.74) is -0.764. The molecular weight excluding hydrogens is 253 g/mol. The number of aromatic nitrogens is 1. The van der Waals surface area contributed by atoms with Crippen molar-refractivity contribution in [3.63, 3.8) is 0 Å². The van der Waals surface area contributed by atoms with Gasteiger partial charge in [0.05, 0.1) is 27.5 Å². The topological polar surface area (TPSA) is 73.0 Å². The molecule has 0 amide bonds. The van der Waals surface area contributed by atoms with E-state index in [1.165, 1.54) is 12.1 Å². The first-order valence-electron chi connectivity index (χ1n) is 4.22. The lowest BCUT2D eigenvalue weighted by Crippen LogP contribution is -2.29. The smallest absolute Gasteiger partial charge is 0.199 e.